The zero-order chi connectivity index (χ0) is 38.4. The van der Waals surface area contributed by atoms with Crippen LogP contribution in [0.4, 0.5) is 0 Å². The van der Waals surface area contributed by atoms with Gasteiger partial charge in [-0.2, -0.15) is 0 Å². The summed E-state index contributed by atoms with van der Waals surface area (Å²) < 4.78 is 9.25. The van der Waals surface area contributed by atoms with E-state index in [9.17, 15) is 0 Å². The molecule has 3 heteroatoms. The second-order valence-corrected chi connectivity index (χ2v) is 15.4. The Kier molecular flexibility index (Phi) is 8.44. The Morgan fingerprint density at radius 2 is 1.19 bits per heavy atom. The molecule has 2 heterocycles. The Morgan fingerprint density at radius 3 is 1.95 bits per heavy atom. The molecular formula is C55H40N2O. The van der Waals surface area contributed by atoms with E-state index >= 15 is 0 Å². The van der Waals surface area contributed by atoms with Crippen LogP contribution in [0.15, 0.2) is 218 Å². The average molecular weight is 745 g/mol. The van der Waals surface area contributed by atoms with Crippen LogP contribution in [-0.4, -0.2) is 15.7 Å². The lowest BCUT2D eigenvalue weighted by atomic mass is 9.80. The van der Waals surface area contributed by atoms with Gasteiger partial charge in [-0.1, -0.05) is 164 Å². The Balaban J connectivity index is 1.01. The first-order valence-corrected chi connectivity index (χ1v) is 20.2. The fourth-order valence-electron chi connectivity index (χ4n) is 8.94. The molecule has 11 rings (SSSR count). The van der Waals surface area contributed by atoms with Gasteiger partial charge in [0.2, 0.25) is 0 Å². The van der Waals surface area contributed by atoms with Crippen LogP contribution in [0.1, 0.15) is 23.5 Å². The van der Waals surface area contributed by atoms with Gasteiger partial charge < -0.3 is 4.74 Å². The molecule has 1 aromatic heterocycles. The fraction of sp³-hybridized carbons (Fsp3) is 0.0727. The van der Waals surface area contributed by atoms with Crippen molar-refractivity contribution in [3.63, 3.8) is 0 Å². The summed E-state index contributed by atoms with van der Waals surface area (Å²) in [7, 11) is 0. The minimum absolute atomic E-state index is 0.0679. The lowest BCUT2D eigenvalue weighted by molar-refractivity contribution is 0.268. The third kappa shape index (κ3) is 6.13. The highest BCUT2D eigenvalue weighted by molar-refractivity contribution is 5.87. The number of fused-ring (bicyclic) bond motifs is 4. The number of para-hydroxylation sites is 3. The summed E-state index contributed by atoms with van der Waals surface area (Å²) in [6, 6.07) is 62.6. The Hall–Kier alpha value is -7.23. The van der Waals surface area contributed by atoms with E-state index in [2.05, 4.69) is 217 Å². The van der Waals surface area contributed by atoms with E-state index in [0.29, 0.717) is 5.92 Å². The van der Waals surface area contributed by atoms with Crippen LogP contribution < -0.4 is 4.74 Å². The molecule has 0 saturated heterocycles. The van der Waals surface area contributed by atoms with E-state index in [1.807, 2.05) is 0 Å². The highest BCUT2D eigenvalue weighted by atomic mass is 16.5. The van der Waals surface area contributed by atoms with Crippen molar-refractivity contribution in [2.45, 2.75) is 18.4 Å². The van der Waals surface area contributed by atoms with E-state index in [-0.39, 0.29) is 12.0 Å². The predicted octanol–water partition coefficient (Wildman–Crippen LogP) is 13.7. The highest BCUT2D eigenvalue weighted by Gasteiger charge is 2.36. The van der Waals surface area contributed by atoms with Crippen LogP contribution in [0.3, 0.4) is 0 Å². The molecule has 3 nitrogen and oxygen atoms in total. The van der Waals surface area contributed by atoms with Crippen molar-refractivity contribution in [3.05, 3.63) is 229 Å². The van der Waals surface area contributed by atoms with Gasteiger partial charge in [-0.05, 0) is 99.5 Å². The normalized spacial score (nSPS) is 18.0. The maximum Gasteiger partial charge on any atom is 0.145 e. The topological polar surface area (TPSA) is 27.1 Å². The molecule has 0 radical (unpaired) electrons. The second kappa shape index (κ2) is 14.4. The largest absolute Gasteiger partial charge is 0.484 e. The monoisotopic (exact) mass is 744 g/mol. The van der Waals surface area contributed by atoms with Gasteiger partial charge in [0.1, 0.15) is 17.7 Å². The van der Waals surface area contributed by atoms with Crippen LogP contribution in [0.2, 0.25) is 0 Å². The molecule has 0 N–H and O–H groups in total. The summed E-state index contributed by atoms with van der Waals surface area (Å²) in [6.07, 6.45) is 15.0. The number of allylic oxidation sites excluding steroid dienone is 6. The summed E-state index contributed by atoms with van der Waals surface area (Å²) in [5.74, 6) is 2.30. The van der Waals surface area contributed by atoms with Gasteiger partial charge in [-0.3, -0.25) is 4.57 Å². The van der Waals surface area contributed by atoms with Crippen molar-refractivity contribution in [2.24, 2.45) is 5.92 Å². The van der Waals surface area contributed by atoms with Crippen molar-refractivity contribution >= 4 is 16.6 Å². The zero-order valence-corrected chi connectivity index (χ0v) is 31.9. The highest BCUT2D eigenvalue weighted by Crippen LogP contribution is 2.50. The van der Waals surface area contributed by atoms with E-state index in [1.54, 1.807) is 0 Å². The number of rotatable bonds is 7. The van der Waals surface area contributed by atoms with Crippen LogP contribution in [0.25, 0.3) is 67.1 Å². The fourth-order valence-corrected chi connectivity index (χ4v) is 8.94. The van der Waals surface area contributed by atoms with Gasteiger partial charge in [0.15, 0.2) is 0 Å². The predicted molar refractivity (Wildman–Crippen MR) is 239 cm³/mol. The molecule has 3 atom stereocenters. The summed E-state index contributed by atoms with van der Waals surface area (Å²) in [4.78, 5) is 5.20. The molecule has 3 unspecified atom stereocenters. The van der Waals surface area contributed by atoms with Crippen molar-refractivity contribution in [1.29, 1.82) is 0 Å². The Morgan fingerprint density at radius 1 is 0.534 bits per heavy atom. The first kappa shape index (κ1) is 34.1. The number of benzene rings is 7. The average Bonchev–Trinajstić information content (AvgIpc) is 3.88. The summed E-state index contributed by atoms with van der Waals surface area (Å²) in [5, 5.41) is 0. The number of nitrogens with zero attached hydrogens (tertiary/aromatic N) is 2. The maximum atomic E-state index is 6.98. The Bertz CT molecular complexity index is 2930. The minimum Gasteiger partial charge on any atom is -0.484 e. The molecule has 0 saturated carbocycles. The second-order valence-electron chi connectivity index (χ2n) is 15.4. The van der Waals surface area contributed by atoms with Gasteiger partial charge >= 0.3 is 0 Å². The summed E-state index contributed by atoms with van der Waals surface area (Å²) in [5.41, 5.74) is 16.3. The van der Waals surface area contributed by atoms with Crippen LogP contribution in [0, 0.1) is 5.92 Å². The van der Waals surface area contributed by atoms with Crippen LogP contribution in [0.5, 0.6) is 5.75 Å². The molecule has 0 fully saturated rings. The molecular weight excluding hydrogens is 705 g/mol. The molecule has 0 spiro atoms. The summed E-state index contributed by atoms with van der Waals surface area (Å²) >= 11 is 0. The molecule has 7 aromatic carbocycles. The summed E-state index contributed by atoms with van der Waals surface area (Å²) in [6.45, 7) is 0. The molecule has 1 aliphatic heterocycles. The van der Waals surface area contributed by atoms with Crippen molar-refractivity contribution < 1.29 is 4.74 Å². The first-order valence-electron chi connectivity index (χ1n) is 20.2. The van der Waals surface area contributed by atoms with E-state index < -0.39 is 0 Å². The van der Waals surface area contributed by atoms with Crippen molar-refractivity contribution in [3.8, 4) is 56.2 Å². The maximum absolute atomic E-state index is 6.98. The quantitative estimate of drug-likeness (QED) is 0.162. The van der Waals surface area contributed by atoms with Crippen LogP contribution in [-0.2, 0) is 0 Å². The lowest BCUT2D eigenvalue weighted by Gasteiger charge is -2.24. The molecule has 58 heavy (non-hydrogen) atoms. The van der Waals surface area contributed by atoms with E-state index in [1.165, 1.54) is 44.5 Å². The van der Waals surface area contributed by atoms with E-state index in [4.69, 9.17) is 9.72 Å². The number of hydrogen-bond acceptors (Lipinski definition) is 2. The minimum atomic E-state index is -0.0679. The molecule has 2 aliphatic carbocycles. The number of aromatic nitrogens is 2. The smallest absolute Gasteiger partial charge is 0.145 e. The van der Waals surface area contributed by atoms with Gasteiger partial charge in [-0.25, -0.2) is 4.98 Å². The van der Waals surface area contributed by atoms with Gasteiger partial charge in [-0.15, -0.1) is 0 Å². The molecule has 276 valence electrons. The number of imidazole rings is 1. The van der Waals surface area contributed by atoms with E-state index in [0.717, 1.165) is 51.4 Å². The Labute approximate surface area is 339 Å². The number of ether oxygens (including phenoxy) is 1. The lowest BCUT2D eigenvalue weighted by Crippen LogP contribution is -2.19. The molecule has 0 amide bonds. The van der Waals surface area contributed by atoms with Gasteiger partial charge in [0, 0.05) is 34.2 Å². The van der Waals surface area contributed by atoms with Crippen LogP contribution >= 0.6 is 0 Å². The zero-order valence-electron chi connectivity index (χ0n) is 31.9. The molecule has 3 aliphatic rings. The molecule has 0 bridgehead atoms. The standard InChI is InChI=1S/C55H40N2O/c1-4-13-37(14-5-1)39-23-27-41(28-24-39)43-31-32-53-49(34-43)50-36-46(42-29-25-40(26-30-42)38-15-6-2-7-16-38)35-48(54(50)58-53)44-17-12-18-45(33-44)55-56-51-21-10-11-22-52(51)57(55)47-19-8-3-9-20-47/h1-27,29-36,41,49,53H,28H2. The van der Waals surface area contributed by atoms with Gasteiger partial charge in [0.25, 0.3) is 0 Å². The third-order valence-electron chi connectivity index (χ3n) is 11.9. The van der Waals surface area contributed by atoms with Crippen molar-refractivity contribution in [2.75, 3.05) is 0 Å². The van der Waals surface area contributed by atoms with Crippen molar-refractivity contribution in [1.82, 2.24) is 9.55 Å². The first-order chi connectivity index (χ1) is 28.7. The molecule has 8 aromatic rings. The van der Waals surface area contributed by atoms with Gasteiger partial charge in [0.05, 0.1) is 11.0 Å². The third-order valence-corrected chi connectivity index (χ3v) is 11.9. The number of hydrogen-bond donors (Lipinski definition) is 0. The SMILES string of the molecule is C1=CC(C2=CC3c4cc(-c5ccc(-c6ccccc6)cc5)cc(-c5cccc(-c6nc7ccccc7n6-c6ccccc6)c5)c4OC3C=C2)CC=C1c1ccccc1.